The van der Waals surface area contributed by atoms with Crippen LogP contribution in [0.5, 0.6) is 11.5 Å². The van der Waals surface area contributed by atoms with Gasteiger partial charge in [-0.15, -0.1) is 0 Å². The zero-order chi connectivity index (χ0) is 16.3. The van der Waals surface area contributed by atoms with Gasteiger partial charge in [-0.05, 0) is 35.1 Å². The predicted molar refractivity (Wildman–Crippen MR) is 95.5 cm³/mol. The van der Waals surface area contributed by atoms with E-state index in [4.69, 9.17) is 4.74 Å². The molecule has 0 atom stereocenters. The second kappa shape index (κ2) is 6.87. The quantitative estimate of drug-likeness (QED) is 0.692. The third kappa shape index (κ3) is 3.62. The molecule has 0 bridgehead atoms. The minimum atomic E-state index is 0.428. The lowest BCUT2D eigenvalue weighted by molar-refractivity contribution is 0.464. The number of nitrogens with zero attached hydrogens (tertiary/aromatic N) is 1. The Hall–Kier alpha value is -1.96. The van der Waals surface area contributed by atoms with E-state index in [-0.39, 0.29) is 0 Å². The van der Waals surface area contributed by atoms with Gasteiger partial charge in [0.15, 0.2) is 0 Å². The molecule has 2 aromatic carbocycles. The number of ether oxygens (including phenoxy) is 1. The molecule has 0 aliphatic rings. The molecular weight excluding hydrogens is 270 g/mol. The molecule has 2 rings (SSSR count). The Kier molecular flexibility index (Phi) is 5.12. The van der Waals surface area contributed by atoms with Gasteiger partial charge in [0.2, 0.25) is 0 Å². The van der Waals surface area contributed by atoms with Crippen molar-refractivity contribution in [2.75, 3.05) is 19.0 Å². The smallest absolute Gasteiger partial charge is 0.132 e. The van der Waals surface area contributed by atoms with Gasteiger partial charge in [-0.25, -0.2) is 0 Å². The molecule has 2 nitrogen and oxygen atoms in total. The molecule has 0 aliphatic heterocycles. The van der Waals surface area contributed by atoms with E-state index >= 15 is 0 Å². The number of hydrogen-bond donors (Lipinski definition) is 0. The van der Waals surface area contributed by atoms with Gasteiger partial charge in [-0.2, -0.15) is 0 Å². The number of hydrogen-bond acceptors (Lipinski definition) is 2. The maximum Gasteiger partial charge on any atom is 0.132 e. The topological polar surface area (TPSA) is 12.5 Å². The molecule has 22 heavy (non-hydrogen) atoms. The maximum atomic E-state index is 6.33. The van der Waals surface area contributed by atoms with Crippen molar-refractivity contribution in [1.82, 2.24) is 0 Å². The first-order valence-electron chi connectivity index (χ1n) is 7.98. The van der Waals surface area contributed by atoms with E-state index in [9.17, 15) is 0 Å². The summed E-state index contributed by atoms with van der Waals surface area (Å²) in [4.78, 5) is 2.10. The van der Waals surface area contributed by atoms with Crippen molar-refractivity contribution in [3.8, 4) is 11.5 Å². The van der Waals surface area contributed by atoms with Crippen LogP contribution < -0.4 is 9.64 Å². The second-order valence-electron chi connectivity index (χ2n) is 6.57. The number of rotatable bonds is 5. The van der Waals surface area contributed by atoms with Crippen molar-refractivity contribution < 1.29 is 4.74 Å². The highest BCUT2D eigenvalue weighted by Gasteiger charge is 2.13. The zero-order valence-electron chi connectivity index (χ0n) is 14.6. The van der Waals surface area contributed by atoms with Crippen LogP contribution in [-0.2, 0) is 0 Å². The first-order valence-corrected chi connectivity index (χ1v) is 7.98. The first-order chi connectivity index (χ1) is 10.4. The Balaban J connectivity index is 2.45. The van der Waals surface area contributed by atoms with E-state index in [2.05, 4.69) is 83.1 Å². The van der Waals surface area contributed by atoms with Crippen LogP contribution in [0.4, 0.5) is 5.69 Å². The molecule has 2 aromatic rings. The molecule has 0 amide bonds. The minimum absolute atomic E-state index is 0.428. The summed E-state index contributed by atoms with van der Waals surface area (Å²) in [5, 5.41) is 0. The Morgan fingerprint density at radius 3 is 1.95 bits per heavy atom. The molecular formula is C20H27NO. The van der Waals surface area contributed by atoms with Crippen LogP contribution in [0.15, 0.2) is 42.5 Å². The third-order valence-corrected chi connectivity index (χ3v) is 3.90. The van der Waals surface area contributed by atoms with Gasteiger partial charge in [-0.1, -0.05) is 52.0 Å². The third-order valence-electron chi connectivity index (χ3n) is 3.90. The Morgan fingerprint density at radius 1 is 0.773 bits per heavy atom. The number of anilines is 1. The summed E-state index contributed by atoms with van der Waals surface area (Å²) in [5.74, 6) is 2.78. The second-order valence-corrected chi connectivity index (χ2v) is 6.57. The molecule has 118 valence electrons. The van der Waals surface area contributed by atoms with Crippen LogP contribution in [0, 0.1) is 0 Å². The summed E-state index contributed by atoms with van der Waals surface area (Å²) in [6, 6.07) is 14.8. The molecule has 0 saturated carbocycles. The van der Waals surface area contributed by atoms with Crippen LogP contribution in [0.25, 0.3) is 0 Å². The summed E-state index contributed by atoms with van der Waals surface area (Å²) in [7, 11) is 4.10. The van der Waals surface area contributed by atoms with E-state index in [1.54, 1.807) is 0 Å². The normalized spacial score (nSPS) is 11.1. The lowest BCUT2D eigenvalue weighted by atomic mass is 10.0. The predicted octanol–water partition coefficient (Wildman–Crippen LogP) is 5.79. The summed E-state index contributed by atoms with van der Waals surface area (Å²) >= 11 is 0. The Labute approximate surface area is 134 Å². The molecule has 0 spiro atoms. The van der Waals surface area contributed by atoms with E-state index < -0.39 is 0 Å². The Morgan fingerprint density at radius 2 is 1.36 bits per heavy atom. The molecule has 0 saturated heterocycles. The van der Waals surface area contributed by atoms with E-state index in [1.165, 1.54) is 11.1 Å². The fourth-order valence-corrected chi connectivity index (χ4v) is 2.54. The van der Waals surface area contributed by atoms with Gasteiger partial charge < -0.3 is 9.64 Å². The van der Waals surface area contributed by atoms with Crippen molar-refractivity contribution in [1.29, 1.82) is 0 Å². The molecule has 0 unspecified atom stereocenters. The minimum Gasteiger partial charge on any atom is -0.457 e. The zero-order valence-corrected chi connectivity index (χ0v) is 14.6. The van der Waals surface area contributed by atoms with Crippen molar-refractivity contribution in [2.45, 2.75) is 39.5 Å². The molecule has 0 heterocycles. The van der Waals surface area contributed by atoms with Crippen molar-refractivity contribution >= 4 is 5.69 Å². The number of benzene rings is 2. The fourth-order valence-electron chi connectivity index (χ4n) is 2.54. The standard InChI is InChI=1S/C20H27NO/c1-14(2)17-9-7-8-10-19(17)22-20-13-16(21(5)6)11-12-18(20)15(3)4/h7-15H,1-6H3. The Bertz CT molecular complexity index is 629. The lowest BCUT2D eigenvalue weighted by Gasteiger charge is -2.20. The monoisotopic (exact) mass is 297 g/mol. The van der Waals surface area contributed by atoms with Gasteiger partial charge in [0.25, 0.3) is 0 Å². The first kappa shape index (κ1) is 16.4. The van der Waals surface area contributed by atoms with Crippen LogP contribution in [0.2, 0.25) is 0 Å². The van der Waals surface area contributed by atoms with E-state index in [0.717, 1.165) is 17.2 Å². The van der Waals surface area contributed by atoms with Crippen LogP contribution >= 0.6 is 0 Å². The lowest BCUT2D eigenvalue weighted by Crippen LogP contribution is -2.09. The summed E-state index contributed by atoms with van der Waals surface area (Å²) < 4.78 is 6.33. The van der Waals surface area contributed by atoms with Gasteiger partial charge in [-0.3, -0.25) is 0 Å². The average molecular weight is 297 g/mol. The highest BCUT2D eigenvalue weighted by atomic mass is 16.5. The van der Waals surface area contributed by atoms with Crippen molar-refractivity contribution in [3.63, 3.8) is 0 Å². The average Bonchev–Trinajstić information content (AvgIpc) is 2.47. The number of para-hydroxylation sites is 1. The van der Waals surface area contributed by atoms with Gasteiger partial charge in [0.1, 0.15) is 11.5 Å². The van der Waals surface area contributed by atoms with Crippen LogP contribution in [0.1, 0.15) is 50.7 Å². The van der Waals surface area contributed by atoms with Gasteiger partial charge in [0.05, 0.1) is 0 Å². The molecule has 0 aromatic heterocycles. The summed E-state index contributed by atoms with van der Waals surface area (Å²) in [5.41, 5.74) is 3.64. The van der Waals surface area contributed by atoms with Crippen molar-refractivity contribution in [2.24, 2.45) is 0 Å². The highest BCUT2D eigenvalue weighted by Crippen LogP contribution is 2.36. The maximum absolute atomic E-state index is 6.33. The van der Waals surface area contributed by atoms with E-state index in [0.29, 0.717) is 11.8 Å². The fraction of sp³-hybridized carbons (Fsp3) is 0.400. The van der Waals surface area contributed by atoms with Crippen LogP contribution in [0.3, 0.4) is 0 Å². The molecule has 0 aliphatic carbocycles. The summed E-state index contributed by atoms with van der Waals surface area (Å²) in [6.07, 6.45) is 0. The van der Waals surface area contributed by atoms with Crippen molar-refractivity contribution in [3.05, 3.63) is 53.6 Å². The SMILES string of the molecule is CC(C)c1ccccc1Oc1cc(N(C)C)ccc1C(C)C. The highest BCUT2D eigenvalue weighted by molar-refractivity contribution is 5.55. The summed E-state index contributed by atoms with van der Waals surface area (Å²) in [6.45, 7) is 8.79. The van der Waals surface area contributed by atoms with E-state index in [1.807, 2.05) is 6.07 Å². The molecule has 0 radical (unpaired) electrons. The molecule has 0 fully saturated rings. The van der Waals surface area contributed by atoms with Gasteiger partial charge in [0, 0.05) is 25.8 Å². The van der Waals surface area contributed by atoms with Gasteiger partial charge >= 0.3 is 0 Å². The largest absolute Gasteiger partial charge is 0.457 e. The molecule has 0 N–H and O–H groups in total. The molecule has 2 heteroatoms. The van der Waals surface area contributed by atoms with Crippen LogP contribution in [-0.4, -0.2) is 14.1 Å².